The van der Waals surface area contributed by atoms with Crippen LogP contribution >= 0.6 is 0 Å². The number of likely N-dealkylation sites (tertiary alicyclic amines) is 1. The van der Waals surface area contributed by atoms with Crippen molar-refractivity contribution in [1.29, 1.82) is 0 Å². The van der Waals surface area contributed by atoms with Crippen LogP contribution in [0.4, 0.5) is 4.79 Å². The fourth-order valence-corrected chi connectivity index (χ4v) is 2.82. The van der Waals surface area contributed by atoms with Gasteiger partial charge in [-0.25, -0.2) is 4.79 Å². The number of amides is 1. The summed E-state index contributed by atoms with van der Waals surface area (Å²) >= 11 is 0. The number of ether oxygens (including phenoxy) is 1. The van der Waals surface area contributed by atoms with Gasteiger partial charge < -0.3 is 15.0 Å². The van der Waals surface area contributed by atoms with Crippen LogP contribution in [-0.4, -0.2) is 47.3 Å². The summed E-state index contributed by atoms with van der Waals surface area (Å²) in [6, 6.07) is 4.31. The third kappa shape index (κ3) is 6.18. The van der Waals surface area contributed by atoms with Crippen LogP contribution in [0.2, 0.25) is 0 Å². The molecule has 23 heavy (non-hydrogen) atoms. The Labute approximate surface area is 139 Å². The molecule has 0 bridgehead atoms. The third-order valence-corrected chi connectivity index (χ3v) is 3.97. The lowest BCUT2D eigenvalue weighted by atomic mass is 10.0. The number of piperidine rings is 1. The minimum Gasteiger partial charge on any atom is -0.444 e. The Morgan fingerprint density at radius 1 is 1.35 bits per heavy atom. The topological polar surface area (TPSA) is 54.5 Å². The number of pyridine rings is 1. The van der Waals surface area contributed by atoms with E-state index in [1.54, 1.807) is 0 Å². The van der Waals surface area contributed by atoms with Crippen LogP contribution in [0.5, 0.6) is 0 Å². The normalized spacial score (nSPS) is 18.7. The lowest BCUT2D eigenvalue weighted by Crippen LogP contribution is -2.50. The standard InChI is InChI=1S/C18H29N3O2/c1-18(2,3)23-17(22)21-13-5-4-6-16(21)14-20-12-9-15-7-10-19-11-8-15/h7-8,10-11,16,20H,4-6,9,12-14H2,1-3H3. The average molecular weight is 319 g/mol. The van der Waals surface area contributed by atoms with E-state index in [4.69, 9.17) is 4.74 Å². The van der Waals surface area contributed by atoms with Crippen LogP contribution in [0.25, 0.3) is 0 Å². The maximum atomic E-state index is 12.3. The number of aromatic nitrogens is 1. The van der Waals surface area contributed by atoms with E-state index in [2.05, 4.69) is 10.3 Å². The van der Waals surface area contributed by atoms with Gasteiger partial charge in [0.2, 0.25) is 0 Å². The molecule has 1 saturated heterocycles. The van der Waals surface area contributed by atoms with Gasteiger partial charge in [-0.05, 0) is 70.7 Å². The van der Waals surface area contributed by atoms with Crippen molar-refractivity contribution in [3.63, 3.8) is 0 Å². The van der Waals surface area contributed by atoms with Gasteiger partial charge in [0.1, 0.15) is 5.60 Å². The molecule has 1 aromatic heterocycles. The van der Waals surface area contributed by atoms with Crippen molar-refractivity contribution in [3.8, 4) is 0 Å². The van der Waals surface area contributed by atoms with Crippen molar-refractivity contribution >= 4 is 6.09 Å². The molecule has 2 heterocycles. The zero-order chi connectivity index (χ0) is 16.7. The first-order valence-corrected chi connectivity index (χ1v) is 8.55. The molecule has 1 unspecified atom stereocenters. The molecule has 0 saturated carbocycles. The Balaban J connectivity index is 1.78. The maximum Gasteiger partial charge on any atom is 0.410 e. The second kappa shape index (κ2) is 8.29. The summed E-state index contributed by atoms with van der Waals surface area (Å²) in [4.78, 5) is 18.3. The molecule has 5 nitrogen and oxygen atoms in total. The molecule has 0 spiro atoms. The van der Waals surface area contributed by atoms with Gasteiger partial charge in [0, 0.05) is 31.5 Å². The molecular weight excluding hydrogens is 290 g/mol. The summed E-state index contributed by atoms with van der Waals surface area (Å²) in [6.45, 7) is 8.27. The van der Waals surface area contributed by atoms with Gasteiger partial charge in [-0.1, -0.05) is 0 Å². The molecule has 1 aliphatic heterocycles. The molecule has 1 fully saturated rings. The van der Waals surface area contributed by atoms with E-state index in [0.29, 0.717) is 0 Å². The molecule has 1 aromatic rings. The van der Waals surface area contributed by atoms with Crippen LogP contribution in [0.15, 0.2) is 24.5 Å². The minimum absolute atomic E-state index is 0.182. The Morgan fingerprint density at radius 2 is 2.09 bits per heavy atom. The lowest BCUT2D eigenvalue weighted by molar-refractivity contribution is 0.00999. The molecule has 5 heteroatoms. The van der Waals surface area contributed by atoms with E-state index in [9.17, 15) is 4.79 Å². The SMILES string of the molecule is CC(C)(C)OC(=O)N1CCCCC1CNCCc1ccncc1. The van der Waals surface area contributed by atoms with Crippen molar-refractivity contribution < 1.29 is 9.53 Å². The van der Waals surface area contributed by atoms with Gasteiger partial charge in [0.05, 0.1) is 0 Å². The summed E-state index contributed by atoms with van der Waals surface area (Å²) in [7, 11) is 0. The Kier molecular flexibility index (Phi) is 6.39. The molecule has 1 atom stereocenters. The van der Waals surface area contributed by atoms with E-state index in [1.165, 1.54) is 12.0 Å². The number of hydrogen-bond donors (Lipinski definition) is 1. The van der Waals surface area contributed by atoms with Gasteiger partial charge >= 0.3 is 6.09 Å². The number of hydrogen-bond acceptors (Lipinski definition) is 4. The smallest absolute Gasteiger partial charge is 0.410 e. The first kappa shape index (κ1) is 17.7. The number of nitrogens with one attached hydrogen (secondary N) is 1. The van der Waals surface area contributed by atoms with Crippen LogP contribution in [-0.2, 0) is 11.2 Å². The quantitative estimate of drug-likeness (QED) is 0.848. The number of carbonyl (C=O) groups is 1. The highest BCUT2D eigenvalue weighted by Gasteiger charge is 2.29. The summed E-state index contributed by atoms with van der Waals surface area (Å²) in [5.41, 5.74) is 0.841. The Morgan fingerprint density at radius 3 is 2.78 bits per heavy atom. The van der Waals surface area contributed by atoms with Crippen molar-refractivity contribution in [2.24, 2.45) is 0 Å². The van der Waals surface area contributed by atoms with E-state index < -0.39 is 5.60 Å². The second-order valence-electron chi connectivity index (χ2n) is 7.13. The Hall–Kier alpha value is -1.62. The molecule has 1 amide bonds. The van der Waals surface area contributed by atoms with E-state index in [-0.39, 0.29) is 12.1 Å². The van der Waals surface area contributed by atoms with Crippen molar-refractivity contribution in [2.75, 3.05) is 19.6 Å². The van der Waals surface area contributed by atoms with Gasteiger partial charge in [-0.2, -0.15) is 0 Å². The van der Waals surface area contributed by atoms with Crippen LogP contribution < -0.4 is 5.32 Å². The molecule has 0 radical (unpaired) electrons. The second-order valence-corrected chi connectivity index (χ2v) is 7.13. The summed E-state index contributed by atoms with van der Waals surface area (Å²) < 4.78 is 5.54. The Bertz CT molecular complexity index is 485. The van der Waals surface area contributed by atoms with Crippen molar-refractivity contribution in [3.05, 3.63) is 30.1 Å². The van der Waals surface area contributed by atoms with Crippen molar-refractivity contribution in [1.82, 2.24) is 15.2 Å². The molecule has 2 rings (SSSR count). The minimum atomic E-state index is -0.437. The highest BCUT2D eigenvalue weighted by atomic mass is 16.6. The molecule has 0 aliphatic carbocycles. The molecule has 0 aromatic carbocycles. The predicted octanol–water partition coefficient (Wildman–Crippen LogP) is 3.00. The van der Waals surface area contributed by atoms with Crippen molar-refractivity contribution in [2.45, 2.75) is 58.1 Å². The largest absolute Gasteiger partial charge is 0.444 e. The number of rotatable bonds is 5. The zero-order valence-electron chi connectivity index (χ0n) is 14.5. The van der Waals surface area contributed by atoms with Crippen LogP contribution in [0.3, 0.4) is 0 Å². The summed E-state index contributed by atoms with van der Waals surface area (Å²) in [5, 5.41) is 3.48. The molecular formula is C18H29N3O2. The molecule has 1 aliphatic rings. The van der Waals surface area contributed by atoms with Crippen LogP contribution in [0.1, 0.15) is 45.6 Å². The molecule has 128 valence electrons. The maximum absolute atomic E-state index is 12.3. The monoisotopic (exact) mass is 319 g/mol. The van der Waals surface area contributed by atoms with Gasteiger partial charge in [0.25, 0.3) is 0 Å². The van der Waals surface area contributed by atoms with E-state index in [1.807, 2.05) is 50.2 Å². The third-order valence-electron chi connectivity index (χ3n) is 3.97. The number of carbonyl (C=O) groups excluding carboxylic acids is 1. The van der Waals surface area contributed by atoms with Gasteiger partial charge in [-0.3, -0.25) is 4.98 Å². The summed E-state index contributed by atoms with van der Waals surface area (Å²) in [6.07, 6.45) is 7.71. The molecule has 1 N–H and O–H groups in total. The zero-order valence-corrected chi connectivity index (χ0v) is 14.5. The van der Waals surface area contributed by atoms with E-state index >= 15 is 0 Å². The van der Waals surface area contributed by atoms with Gasteiger partial charge in [0.15, 0.2) is 0 Å². The van der Waals surface area contributed by atoms with Crippen LogP contribution in [0, 0.1) is 0 Å². The predicted molar refractivity (Wildman–Crippen MR) is 91.4 cm³/mol. The van der Waals surface area contributed by atoms with Gasteiger partial charge in [-0.15, -0.1) is 0 Å². The fraction of sp³-hybridized carbons (Fsp3) is 0.667. The lowest BCUT2D eigenvalue weighted by Gasteiger charge is -2.37. The first-order chi connectivity index (χ1) is 11.0. The number of nitrogens with zero attached hydrogens (tertiary/aromatic N) is 2. The summed E-state index contributed by atoms with van der Waals surface area (Å²) in [5.74, 6) is 0. The van der Waals surface area contributed by atoms with E-state index in [0.717, 1.165) is 38.9 Å². The fourth-order valence-electron chi connectivity index (χ4n) is 2.82. The highest BCUT2D eigenvalue weighted by molar-refractivity contribution is 5.68. The first-order valence-electron chi connectivity index (χ1n) is 8.55. The highest BCUT2D eigenvalue weighted by Crippen LogP contribution is 2.20. The average Bonchev–Trinajstić information content (AvgIpc) is 2.51.